The van der Waals surface area contributed by atoms with E-state index in [1.807, 2.05) is 6.92 Å². The lowest BCUT2D eigenvalue weighted by molar-refractivity contribution is -0.148. The zero-order valence-electron chi connectivity index (χ0n) is 14.7. The van der Waals surface area contributed by atoms with Gasteiger partial charge in [0.25, 0.3) is 0 Å². The van der Waals surface area contributed by atoms with Gasteiger partial charge in [-0.3, -0.25) is 9.59 Å². The Kier molecular flexibility index (Phi) is 6.62. The third-order valence-electron chi connectivity index (χ3n) is 4.88. The number of likely N-dealkylation sites (tertiary alicyclic amines) is 1. The molecule has 2 amide bonds. The van der Waals surface area contributed by atoms with Crippen LogP contribution < -0.4 is 0 Å². The molecule has 7 nitrogen and oxygen atoms in total. The predicted molar refractivity (Wildman–Crippen MR) is 91.9 cm³/mol. The molecule has 0 N–H and O–H groups in total. The zero-order chi connectivity index (χ0) is 17.7. The van der Waals surface area contributed by atoms with E-state index >= 15 is 0 Å². The fraction of sp³-hybridized carbons (Fsp3) is 0.875. The van der Waals surface area contributed by atoms with E-state index < -0.39 is 10.0 Å². The summed E-state index contributed by atoms with van der Waals surface area (Å²) in [6.45, 7) is 5.75. The van der Waals surface area contributed by atoms with Crippen LogP contribution in [0.4, 0.5) is 0 Å². The highest BCUT2D eigenvalue weighted by Crippen LogP contribution is 2.21. The lowest BCUT2D eigenvalue weighted by atomic mass is 10.00. The van der Waals surface area contributed by atoms with E-state index in [4.69, 9.17) is 0 Å². The van der Waals surface area contributed by atoms with Gasteiger partial charge in [0.2, 0.25) is 21.8 Å². The molecular weight excluding hydrogens is 330 g/mol. The van der Waals surface area contributed by atoms with Crippen LogP contribution in [0.3, 0.4) is 0 Å². The minimum Gasteiger partial charge on any atom is -0.338 e. The molecule has 2 saturated heterocycles. The molecule has 0 bridgehead atoms. The molecule has 2 aliphatic rings. The molecule has 0 aromatic carbocycles. The highest BCUT2D eigenvalue weighted by molar-refractivity contribution is 7.89. The number of hydrogen-bond acceptors (Lipinski definition) is 4. The van der Waals surface area contributed by atoms with Gasteiger partial charge in [0.1, 0.15) is 6.04 Å². The van der Waals surface area contributed by atoms with Crippen molar-refractivity contribution in [3.63, 3.8) is 0 Å². The first-order valence-corrected chi connectivity index (χ1v) is 10.6. The number of nitrogens with zero attached hydrogens (tertiary/aromatic N) is 3. The standard InChI is InChI=1S/C16H29N3O4S/c1-3-7-15(20)19-9-6-5-8-14(19)16(21)17-10-12-18(13-11-17)24(22,23)4-2/h14H,3-13H2,1-2H3. The molecule has 2 heterocycles. The summed E-state index contributed by atoms with van der Waals surface area (Å²) >= 11 is 0. The van der Waals surface area contributed by atoms with E-state index in [2.05, 4.69) is 0 Å². The summed E-state index contributed by atoms with van der Waals surface area (Å²) in [7, 11) is -3.20. The molecule has 0 aliphatic carbocycles. The number of hydrogen-bond donors (Lipinski definition) is 0. The quantitative estimate of drug-likeness (QED) is 0.722. The van der Waals surface area contributed by atoms with Crippen LogP contribution in [0.15, 0.2) is 0 Å². The van der Waals surface area contributed by atoms with E-state index in [-0.39, 0.29) is 23.6 Å². The Hall–Kier alpha value is -1.15. The molecule has 1 atom stereocenters. The Bertz CT molecular complexity index is 556. The summed E-state index contributed by atoms with van der Waals surface area (Å²) in [6, 6.07) is -0.368. The molecule has 2 fully saturated rings. The molecule has 1 unspecified atom stereocenters. The first-order valence-electron chi connectivity index (χ1n) is 8.96. The fourth-order valence-electron chi connectivity index (χ4n) is 3.42. The largest absolute Gasteiger partial charge is 0.338 e. The van der Waals surface area contributed by atoms with Crippen molar-refractivity contribution in [2.24, 2.45) is 0 Å². The van der Waals surface area contributed by atoms with Crippen LogP contribution in [0.5, 0.6) is 0 Å². The van der Waals surface area contributed by atoms with Crippen molar-refractivity contribution in [3.8, 4) is 0 Å². The van der Waals surface area contributed by atoms with Gasteiger partial charge in [-0.1, -0.05) is 6.92 Å². The van der Waals surface area contributed by atoms with Crippen molar-refractivity contribution in [1.82, 2.24) is 14.1 Å². The van der Waals surface area contributed by atoms with Gasteiger partial charge in [0, 0.05) is 39.1 Å². The minimum absolute atomic E-state index is 0.0206. The predicted octanol–water partition coefficient (Wildman–Crippen LogP) is 0.662. The fourth-order valence-corrected chi connectivity index (χ4v) is 4.51. The van der Waals surface area contributed by atoms with Crippen molar-refractivity contribution < 1.29 is 18.0 Å². The third kappa shape index (κ3) is 4.27. The molecule has 0 aromatic heterocycles. The van der Waals surface area contributed by atoms with Crippen molar-refractivity contribution >= 4 is 21.8 Å². The average molecular weight is 359 g/mol. The number of carbonyl (C=O) groups is 2. The summed E-state index contributed by atoms with van der Waals surface area (Å²) in [4.78, 5) is 28.6. The van der Waals surface area contributed by atoms with Crippen LogP contribution in [-0.4, -0.2) is 78.9 Å². The van der Waals surface area contributed by atoms with Crippen LogP contribution >= 0.6 is 0 Å². The van der Waals surface area contributed by atoms with E-state index in [9.17, 15) is 18.0 Å². The minimum atomic E-state index is -3.20. The molecule has 2 aliphatic heterocycles. The van der Waals surface area contributed by atoms with Crippen LogP contribution in [0, 0.1) is 0 Å². The van der Waals surface area contributed by atoms with E-state index in [1.165, 1.54) is 4.31 Å². The second kappa shape index (κ2) is 8.29. The molecule has 0 aromatic rings. The molecule has 0 radical (unpaired) electrons. The van der Waals surface area contributed by atoms with Gasteiger partial charge in [-0.2, -0.15) is 4.31 Å². The van der Waals surface area contributed by atoms with Gasteiger partial charge < -0.3 is 9.80 Å². The first kappa shape index (κ1) is 19.2. The Morgan fingerprint density at radius 2 is 1.67 bits per heavy atom. The maximum Gasteiger partial charge on any atom is 0.245 e. The third-order valence-corrected chi connectivity index (χ3v) is 6.76. The molecule has 138 valence electrons. The number of carbonyl (C=O) groups excluding carboxylic acids is 2. The van der Waals surface area contributed by atoms with E-state index in [0.717, 1.165) is 19.3 Å². The zero-order valence-corrected chi connectivity index (χ0v) is 15.6. The molecule has 24 heavy (non-hydrogen) atoms. The highest BCUT2D eigenvalue weighted by atomic mass is 32.2. The van der Waals surface area contributed by atoms with Gasteiger partial charge in [0.05, 0.1) is 5.75 Å². The van der Waals surface area contributed by atoms with Gasteiger partial charge >= 0.3 is 0 Å². The molecular formula is C16H29N3O4S. The summed E-state index contributed by atoms with van der Waals surface area (Å²) in [5.74, 6) is 0.124. The van der Waals surface area contributed by atoms with Crippen LogP contribution in [-0.2, 0) is 19.6 Å². The maximum atomic E-state index is 12.9. The van der Waals surface area contributed by atoms with Crippen LogP contribution in [0.1, 0.15) is 46.0 Å². The van der Waals surface area contributed by atoms with Gasteiger partial charge in [0.15, 0.2) is 0 Å². The first-order chi connectivity index (χ1) is 11.4. The second-order valence-electron chi connectivity index (χ2n) is 6.47. The maximum absolute atomic E-state index is 12.9. The van der Waals surface area contributed by atoms with Crippen LogP contribution in [0.25, 0.3) is 0 Å². The van der Waals surface area contributed by atoms with Crippen molar-refractivity contribution in [2.75, 3.05) is 38.5 Å². The van der Waals surface area contributed by atoms with Crippen molar-refractivity contribution in [1.29, 1.82) is 0 Å². The van der Waals surface area contributed by atoms with Crippen molar-refractivity contribution in [3.05, 3.63) is 0 Å². The Labute approximate surface area is 145 Å². The Balaban J connectivity index is 1.99. The molecule has 2 rings (SSSR count). The summed E-state index contributed by atoms with van der Waals surface area (Å²) in [5, 5.41) is 0. The van der Waals surface area contributed by atoms with E-state index in [1.54, 1.807) is 16.7 Å². The molecule has 0 spiro atoms. The smallest absolute Gasteiger partial charge is 0.245 e. The average Bonchev–Trinajstić information content (AvgIpc) is 2.61. The number of rotatable bonds is 5. The lowest BCUT2D eigenvalue weighted by Gasteiger charge is -2.40. The van der Waals surface area contributed by atoms with Gasteiger partial charge in [-0.15, -0.1) is 0 Å². The number of piperidine rings is 1. The van der Waals surface area contributed by atoms with Crippen molar-refractivity contribution in [2.45, 2.75) is 52.0 Å². The molecule has 8 heteroatoms. The number of piperazine rings is 1. The summed E-state index contributed by atoms with van der Waals surface area (Å²) < 4.78 is 25.3. The highest BCUT2D eigenvalue weighted by Gasteiger charge is 2.36. The topological polar surface area (TPSA) is 78.0 Å². The lowest BCUT2D eigenvalue weighted by Crippen LogP contribution is -2.57. The van der Waals surface area contributed by atoms with Crippen LogP contribution in [0.2, 0.25) is 0 Å². The Morgan fingerprint density at radius 1 is 1.00 bits per heavy atom. The Morgan fingerprint density at radius 3 is 2.25 bits per heavy atom. The summed E-state index contributed by atoms with van der Waals surface area (Å²) in [6.07, 6.45) is 3.87. The van der Waals surface area contributed by atoms with Gasteiger partial charge in [-0.05, 0) is 32.6 Å². The summed E-state index contributed by atoms with van der Waals surface area (Å²) in [5.41, 5.74) is 0. The molecule has 0 saturated carbocycles. The number of amides is 2. The monoisotopic (exact) mass is 359 g/mol. The normalized spacial score (nSPS) is 23.3. The second-order valence-corrected chi connectivity index (χ2v) is 8.73. The van der Waals surface area contributed by atoms with E-state index in [0.29, 0.717) is 45.6 Å². The SMILES string of the molecule is CCCC(=O)N1CCCCC1C(=O)N1CCN(S(=O)(=O)CC)CC1. The van der Waals surface area contributed by atoms with Gasteiger partial charge in [-0.25, -0.2) is 8.42 Å². The number of sulfonamides is 1.